The molecule has 0 aromatic carbocycles. The van der Waals surface area contributed by atoms with Gasteiger partial charge in [0.2, 0.25) is 0 Å². The van der Waals surface area contributed by atoms with Crippen molar-refractivity contribution in [3.8, 4) is 0 Å². The molecular weight excluding hydrogens is 160 g/mol. The second-order valence-corrected chi connectivity index (χ2v) is 5.04. The molecule has 1 fully saturated rings. The number of aromatic nitrogens is 2. The molecule has 72 valence electrons. The van der Waals surface area contributed by atoms with Crippen molar-refractivity contribution >= 4 is 0 Å². The molecule has 0 N–H and O–H groups in total. The van der Waals surface area contributed by atoms with E-state index in [0.717, 1.165) is 0 Å². The van der Waals surface area contributed by atoms with Gasteiger partial charge in [0.05, 0.1) is 12.2 Å². The first-order chi connectivity index (χ1) is 6.07. The molecule has 0 spiro atoms. The van der Waals surface area contributed by atoms with Crippen molar-refractivity contribution in [2.24, 2.45) is 0 Å². The fraction of sp³-hybridized carbons (Fsp3) is 0.727. The summed E-state index contributed by atoms with van der Waals surface area (Å²) in [5, 5.41) is 4.42. The molecule has 1 aliphatic rings. The standard InChI is InChI=1S/C11H18N2/c1-11(2,3)9-7-12-13(8-9)10-5-4-6-10/h7-8,10H,4-6H2,1-3H3. The van der Waals surface area contributed by atoms with Gasteiger partial charge in [-0.3, -0.25) is 4.68 Å². The average molecular weight is 178 g/mol. The Bertz CT molecular complexity index is 289. The zero-order chi connectivity index (χ0) is 9.47. The van der Waals surface area contributed by atoms with Gasteiger partial charge < -0.3 is 0 Å². The van der Waals surface area contributed by atoms with Gasteiger partial charge in [-0.15, -0.1) is 0 Å². The van der Waals surface area contributed by atoms with E-state index in [1.54, 1.807) is 0 Å². The minimum atomic E-state index is 0.238. The van der Waals surface area contributed by atoms with Crippen LogP contribution < -0.4 is 0 Å². The molecular formula is C11H18N2. The molecule has 0 bridgehead atoms. The summed E-state index contributed by atoms with van der Waals surface area (Å²) in [6, 6.07) is 0.691. The van der Waals surface area contributed by atoms with E-state index < -0.39 is 0 Å². The Morgan fingerprint density at radius 1 is 1.38 bits per heavy atom. The van der Waals surface area contributed by atoms with E-state index in [9.17, 15) is 0 Å². The largest absolute Gasteiger partial charge is 0.269 e. The monoisotopic (exact) mass is 178 g/mol. The van der Waals surface area contributed by atoms with Crippen LogP contribution in [0.5, 0.6) is 0 Å². The van der Waals surface area contributed by atoms with Crippen LogP contribution in [0.2, 0.25) is 0 Å². The molecule has 0 amide bonds. The minimum absolute atomic E-state index is 0.238. The number of nitrogens with zero attached hydrogens (tertiary/aromatic N) is 2. The van der Waals surface area contributed by atoms with Gasteiger partial charge in [-0.25, -0.2) is 0 Å². The maximum absolute atomic E-state index is 4.42. The van der Waals surface area contributed by atoms with Crippen molar-refractivity contribution in [1.29, 1.82) is 0 Å². The molecule has 2 heteroatoms. The van der Waals surface area contributed by atoms with Gasteiger partial charge in [-0.1, -0.05) is 20.8 Å². The summed E-state index contributed by atoms with van der Waals surface area (Å²) < 4.78 is 2.14. The number of hydrogen-bond acceptors (Lipinski definition) is 1. The normalized spacial score (nSPS) is 18.7. The van der Waals surface area contributed by atoms with Crippen LogP contribution in [-0.2, 0) is 5.41 Å². The number of rotatable bonds is 1. The van der Waals surface area contributed by atoms with E-state index >= 15 is 0 Å². The van der Waals surface area contributed by atoms with Gasteiger partial charge in [-0.2, -0.15) is 5.10 Å². The van der Waals surface area contributed by atoms with Crippen molar-refractivity contribution in [2.75, 3.05) is 0 Å². The Morgan fingerprint density at radius 2 is 2.08 bits per heavy atom. The molecule has 0 saturated heterocycles. The quantitative estimate of drug-likeness (QED) is 0.646. The highest BCUT2D eigenvalue weighted by molar-refractivity contribution is 5.15. The molecule has 2 nitrogen and oxygen atoms in total. The van der Waals surface area contributed by atoms with Crippen molar-refractivity contribution < 1.29 is 0 Å². The summed E-state index contributed by atoms with van der Waals surface area (Å²) >= 11 is 0. The third-order valence-electron chi connectivity index (χ3n) is 2.92. The maximum atomic E-state index is 4.42. The molecule has 1 heterocycles. The van der Waals surface area contributed by atoms with Crippen LogP contribution in [0.4, 0.5) is 0 Å². The summed E-state index contributed by atoms with van der Waals surface area (Å²) in [6.07, 6.45) is 8.22. The Hall–Kier alpha value is -0.790. The van der Waals surface area contributed by atoms with E-state index in [2.05, 4.69) is 36.7 Å². The van der Waals surface area contributed by atoms with Gasteiger partial charge >= 0.3 is 0 Å². The maximum Gasteiger partial charge on any atom is 0.0527 e. The number of hydrogen-bond donors (Lipinski definition) is 0. The third-order valence-corrected chi connectivity index (χ3v) is 2.92. The van der Waals surface area contributed by atoms with E-state index in [0.29, 0.717) is 6.04 Å². The highest BCUT2D eigenvalue weighted by atomic mass is 15.3. The molecule has 0 atom stereocenters. The van der Waals surface area contributed by atoms with E-state index in [1.807, 2.05) is 6.20 Å². The van der Waals surface area contributed by atoms with Crippen LogP contribution in [0.1, 0.15) is 51.6 Å². The van der Waals surface area contributed by atoms with Crippen LogP contribution in [0.3, 0.4) is 0 Å². The second kappa shape index (κ2) is 2.86. The van der Waals surface area contributed by atoms with Crippen LogP contribution >= 0.6 is 0 Å². The first kappa shape index (κ1) is 8.79. The molecule has 0 aliphatic heterocycles. The van der Waals surface area contributed by atoms with Crippen LogP contribution in [-0.4, -0.2) is 9.78 Å². The van der Waals surface area contributed by atoms with E-state index in [1.165, 1.54) is 24.8 Å². The van der Waals surface area contributed by atoms with Gasteiger partial charge in [0, 0.05) is 6.20 Å². The smallest absolute Gasteiger partial charge is 0.0527 e. The predicted octanol–water partition coefficient (Wildman–Crippen LogP) is 2.91. The van der Waals surface area contributed by atoms with Gasteiger partial charge in [0.15, 0.2) is 0 Å². The lowest BCUT2D eigenvalue weighted by Gasteiger charge is -2.25. The highest BCUT2D eigenvalue weighted by Gasteiger charge is 2.22. The molecule has 1 aliphatic carbocycles. The molecule has 2 rings (SSSR count). The lowest BCUT2D eigenvalue weighted by Crippen LogP contribution is -2.17. The first-order valence-electron chi connectivity index (χ1n) is 5.12. The van der Waals surface area contributed by atoms with E-state index in [-0.39, 0.29) is 5.41 Å². The van der Waals surface area contributed by atoms with Crippen LogP contribution in [0.25, 0.3) is 0 Å². The predicted molar refractivity (Wildman–Crippen MR) is 53.8 cm³/mol. The van der Waals surface area contributed by atoms with Gasteiger partial charge in [-0.05, 0) is 30.2 Å². The summed E-state index contributed by atoms with van der Waals surface area (Å²) in [5.74, 6) is 0. The topological polar surface area (TPSA) is 17.8 Å². The van der Waals surface area contributed by atoms with Crippen molar-refractivity contribution in [1.82, 2.24) is 9.78 Å². The van der Waals surface area contributed by atoms with Crippen molar-refractivity contribution in [3.63, 3.8) is 0 Å². The van der Waals surface area contributed by atoms with Crippen LogP contribution in [0.15, 0.2) is 12.4 Å². The zero-order valence-corrected chi connectivity index (χ0v) is 8.75. The third kappa shape index (κ3) is 1.62. The second-order valence-electron chi connectivity index (χ2n) is 5.04. The molecule has 1 aromatic heterocycles. The van der Waals surface area contributed by atoms with Gasteiger partial charge in [0.1, 0.15) is 0 Å². The van der Waals surface area contributed by atoms with Crippen molar-refractivity contribution in [3.05, 3.63) is 18.0 Å². The van der Waals surface area contributed by atoms with Crippen molar-refractivity contribution in [2.45, 2.75) is 51.5 Å². The lowest BCUT2D eigenvalue weighted by atomic mass is 9.89. The molecule has 1 aromatic rings. The summed E-state index contributed by atoms with van der Waals surface area (Å²) in [7, 11) is 0. The van der Waals surface area contributed by atoms with E-state index in [4.69, 9.17) is 0 Å². The molecule has 0 unspecified atom stereocenters. The Kier molecular flexibility index (Phi) is 1.94. The summed E-state index contributed by atoms with van der Waals surface area (Å²) in [4.78, 5) is 0. The Balaban J connectivity index is 2.17. The molecule has 0 radical (unpaired) electrons. The Morgan fingerprint density at radius 3 is 2.46 bits per heavy atom. The molecule has 13 heavy (non-hydrogen) atoms. The average Bonchev–Trinajstić information content (AvgIpc) is 2.29. The molecule has 1 saturated carbocycles. The Labute approximate surface area is 80.0 Å². The highest BCUT2D eigenvalue weighted by Crippen LogP contribution is 2.32. The fourth-order valence-electron chi connectivity index (χ4n) is 1.58. The summed E-state index contributed by atoms with van der Waals surface area (Å²) in [5.41, 5.74) is 1.58. The fourth-order valence-corrected chi connectivity index (χ4v) is 1.58. The van der Waals surface area contributed by atoms with Gasteiger partial charge in [0.25, 0.3) is 0 Å². The zero-order valence-electron chi connectivity index (χ0n) is 8.75. The first-order valence-corrected chi connectivity index (χ1v) is 5.12. The summed E-state index contributed by atoms with van der Waals surface area (Å²) in [6.45, 7) is 6.69. The lowest BCUT2D eigenvalue weighted by molar-refractivity contribution is 0.289. The minimum Gasteiger partial charge on any atom is -0.269 e. The SMILES string of the molecule is CC(C)(C)c1cnn(C2CCC2)c1. The van der Waals surface area contributed by atoms with Crippen LogP contribution in [0, 0.1) is 0 Å².